The summed E-state index contributed by atoms with van der Waals surface area (Å²) in [5, 5.41) is 0.717. The van der Waals surface area contributed by atoms with Crippen LogP contribution in [0, 0.1) is 0 Å². The summed E-state index contributed by atoms with van der Waals surface area (Å²) in [6.07, 6.45) is 1.63. The fourth-order valence-electron chi connectivity index (χ4n) is 3.67. The zero-order chi connectivity index (χ0) is 21.8. The molecule has 32 heavy (non-hydrogen) atoms. The summed E-state index contributed by atoms with van der Waals surface area (Å²) >= 11 is 0.154. The van der Waals surface area contributed by atoms with Gasteiger partial charge in [-0.15, -0.1) is 0 Å². The molecule has 0 fully saturated rings. The minimum absolute atomic E-state index is 0.0712. The third-order valence-corrected chi connectivity index (χ3v) is 7.28. The van der Waals surface area contributed by atoms with Crippen LogP contribution in [0.5, 0.6) is 0 Å². The molecule has 5 aromatic rings. The average molecular weight is 483 g/mol. The molecule has 0 aliphatic carbocycles. The van der Waals surface area contributed by atoms with Gasteiger partial charge in [0.15, 0.2) is 0 Å². The molecule has 0 unspecified atom stereocenters. The van der Waals surface area contributed by atoms with Crippen molar-refractivity contribution in [3.63, 3.8) is 0 Å². The Morgan fingerprint density at radius 1 is 0.750 bits per heavy atom. The van der Waals surface area contributed by atoms with Crippen LogP contribution in [0.15, 0.2) is 118 Å². The molecule has 0 radical (unpaired) electrons. The monoisotopic (exact) mass is 484 g/mol. The van der Waals surface area contributed by atoms with Crippen LogP contribution in [0.25, 0.3) is 22.6 Å². The molecular formula is C28H20O3Se. The molecule has 0 bridgehead atoms. The zero-order valence-electron chi connectivity index (χ0n) is 17.2. The Morgan fingerprint density at radius 3 is 2.06 bits per heavy atom. The summed E-state index contributed by atoms with van der Waals surface area (Å²) in [4.78, 5) is 13.7. The maximum atomic E-state index is 13.7. The van der Waals surface area contributed by atoms with Gasteiger partial charge in [-0.25, -0.2) is 0 Å². The Hall–Kier alpha value is -3.59. The predicted molar refractivity (Wildman–Crippen MR) is 127 cm³/mol. The van der Waals surface area contributed by atoms with E-state index >= 15 is 0 Å². The van der Waals surface area contributed by atoms with Crippen molar-refractivity contribution in [3.05, 3.63) is 126 Å². The van der Waals surface area contributed by atoms with Crippen LogP contribution in [-0.4, -0.2) is 20.7 Å². The molecular weight excluding hydrogens is 463 g/mol. The van der Waals surface area contributed by atoms with Gasteiger partial charge >= 0.3 is 193 Å². The number of ketones is 1. The van der Waals surface area contributed by atoms with Crippen LogP contribution >= 0.6 is 0 Å². The fourth-order valence-corrected chi connectivity index (χ4v) is 5.45. The molecule has 2 heterocycles. The van der Waals surface area contributed by atoms with Gasteiger partial charge in [0, 0.05) is 0 Å². The van der Waals surface area contributed by atoms with E-state index in [1.807, 2.05) is 91.0 Å². The van der Waals surface area contributed by atoms with E-state index < -0.39 is 0 Å². The van der Waals surface area contributed by atoms with Crippen molar-refractivity contribution in [1.29, 1.82) is 0 Å². The molecule has 0 spiro atoms. The number of hydrogen-bond donors (Lipinski definition) is 0. The number of hydrogen-bond acceptors (Lipinski definition) is 3. The Labute approximate surface area is 192 Å². The third kappa shape index (κ3) is 4.11. The first kappa shape index (κ1) is 20.3. The van der Waals surface area contributed by atoms with Gasteiger partial charge in [-0.2, -0.15) is 0 Å². The van der Waals surface area contributed by atoms with E-state index in [4.69, 9.17) is 8.83 Å². The molecule has 156 valence electrons. The number of furan rings is 2. The summed E-state index contributed by atoms with van der Waals surface area (Å²) in [6, 6.07) is 33.2. The van der Waals surface area contributed by atoms with E-state index in [1.54, 1.807) is 6.26 Å². The summed E-state index contributed by atoms with van der Waals surface area (Å²) < 4.78 is 13.5. The molecule has 0 amide bonds. The minimum atomic E-state index is -0.0712. The standard InChI is InChI=1S/C28H20O3Se/c29-27(20-11-4-1-5-12-20)26-25(23-17-10-18-30-23)24(19-32-22-15-8-3-9-16-22)31-28(26)21-13-6-2-7-14-21/h1-18H,19H2. The van der Waals surface area contributed by atoms with Crippen molar-refractivity contribution in [2.24, 2.45) is 0 Å². The van der Waals surface area contributed by atoms with Crippen LogP contribution in [0.4, 0.5) is 0 Å². The molecule has 0 aliphatic heterocycles. The van der Waals surface area contributed by atoms with E-state index in [0.29, 0.717) is 22.6 Å². The summed E-state index contributed by atoms with van der Waals surface area (Å²) in [5.41, 5.74) is 2.80. The average Bonchev–Trinajstić information content (AvgIpc) is 3.52. The summed E-state index contributed by atoms with van der Waals surface area (Å²) in [5.74, 6) is 1.94. The van der Waals surface area contributed by atoms with Gasteiger partial charge in [-0.3, -0.25) is 0 Å². The number of carbonyl (C=O) groups is 1. The molecule has 0 atom stereocenters. The van der Waals surface area contributed by atoms with E-state index in [9.17, 15) is 4.79 Å². The Bertz CT molecular complexity index is 1310. The first-order valence-electron chi connectivity index (χ1n) is 10.3. The van der Waals surface area contributed by atoms with Gasteiger partial charge < -0.3 is 0 Å². The van der Waals surface area contributed by atoms with Gasteiger partial charge in [0.25, 0.3) is 0 Å². The van der Waals surface area contributed by atoms with E-state index in [0.717, 1.165) is 22.2 Å². The van der Waals surface area contributed by atoms with Crippen molar-refractivity contribution in [2.75, 3.05) is 0 Å². The molecule has 5 rings (SSSR count). The second kappa shape index (κ2) is 9.27. The van der Waals surface area contributed by atoms with E-state index in [-0.39, 0.29) is 20.7 Å². The zero-order valence-corrected chi connectivity index (χ0v) is 18.9. The van der Waals surface area contributed by atoms with Crippen LogP contribution in [0.2, 0.25) is 0 Å². The predicted octanol–water partition coefficient (Wildman–Crippen LogP) is 5.97. The Balaban J connectivity index is 1.68. The number of benzene rings is 3. The van der Waals surface area contributed by atoms with Gasteiger partial charge in [0.05, 0.1) is 0 Å². The van der Waals surface area contributed by atoms with Crippen LogP contribution in [0.1, 0.15) is 21.7 Å². The quantitative estimate of drug-likeness (QED) is 0.212. The third-order valence-electron chi connectivity index (χ3n) is 5.16. The number of carbonyl (C=O) groups excluding carboxylic acids is 1. The van der Waals surface area contributed by atoms with Crippen molar-refractivity contribution < 1.29 is 13.6 Å². The molecule has 0 saturated heterocycles. The van der Waals surface area contributed by atoms with Gasteiger partial charge in [0.1, 0.15) is 0 Å². The second-order valence-electron chi connectivity index (χ2n) is 7.24. The summed E-state index contributed by atoms with van der Waals surface area (Å²) in [6.45, 7) is 0. The molecule has 2 aromatic heterocycles. The summed E-state index contributed by atoms with van der Waals surface area (Å²) in [7, 11) is 0. The normalized spacial score (nSPS) is 10.9. The Kier molecular flexibility index (Phi) is 5.89. The molecule has 4 heteroatoms. The fraction of sp³-hybridized carbons (Fsp3) is 0.0357. The molecule has 0 saturated carbocycles. The van der Waals surface area contributed by atoms with Crippen molar-refractivity contribution in [2.45, 2.75) is 5.32 Å². The van der Waals surface area contributed by atoms with Gasteiger partial charge in [0.2, 0.25) is 0 Å². The van der Waals surface area contributed by atoms with E-state index in [2.05, 4.69) is 12.1 Å². The maximum absolute atomic E-state index is 13.7. The van der Waals surface area contributed by atoms with Crippen LogP contribution < -0.4 is 4.46 Å². The topological polar surface area (TPSA) is 43.4 Å². The van der Waals surface area contributed by atoms with Crippen molar-refractivity contribution in [1.82, 2.24) is 0 Å². The van der Waals surface area contributed by atoms with Gasteiger partial charge in [-0.1, -0.05) is 0 Å². The molecule has 0 N–H and O–H groups in total. The van der Waals surface area contributed by atoms with Gasteiger partial charge in [-0.05, 0) is 0 Å². The molecule has 3 nitrogen and oxygen atoms in total. The molecule has 3 aromatic carbocycles. The van der Waals surface area contributed by atoms with Crippen LogP contribution in [0.3, 0.4) is 0 Å². The number of rotatable bonds is 7. The first-order valence-corrected chi connectivity index (χ1v) is 12.4. The van der Waals surface area contributed by atoms with Crippen molar-refractivity contribution in [3.8, 4) is 22.6 Å². The molecule has 0 aliphatic rings. The second-order valence-corrected chi connectivity index (χ2v) is 9.44. The SMILES string of the molecule is O=C(c1ccccc1)c1c(-c2ccccc2)oc(C[Se]c2ccccc2)c1-c1ccco1. The first-order chi connectivity index (χ1) is 15.8. The van der Waals surface area contributed by atoms with Crippen molar-refractivity contribution >= 4 is 25.2 Å². The van der Waals surface area contributed by atoms with E-state index in [1.165, 1.54) is 4.46 Å². The Morgan fingerprint density at radius 2 is 1.41 bits per heavy atom. The van der Waals surface area contributed by atoms with Crippen LogP contribution in [-0.2, 0) is 5.32 Å².